The van der Waals surface area contributed by atoms with Gasteiger partial charge < -0.3 is 10.4 Å². The van der Waals surface area contributed by atoms with Gasteiger partial charge in [-0.1, -0.05) is 0 Å². The van der Waals surface area contributed by atoms with Crippen LogP contribution in [0.1, 0.15) is 12.5 Å². The minimum Gasteiger partial charge on any atom is -0.480 e. The maximum atomic E-state index is 11.3. The molecule has 0 unspecified atom stereocenters. The molecule has 1 rings (SSSR count). The second-order valence-electron chi connectivity index (χ2n) is 2.94. The van der Waals surface area contributed by atoms with Gasteiger partial charge in [0.2, 0.25) is 5.91 Å². The summed E-state index contributed by atoms with van der Waals surface area (Å²) in [5.74, 6) is -1.29. The third kappa shape index (κ3) is 3.18. The summed E-state index contributed by atoms with van der Waals surface area (Å²) in [4.78, 5) is 21.7. The predicted octanol–water partition coefficient (Wildman–Crippen LogP) is 0.880. The number of carbonyl (C=O) groups is 2. The van der Waals surface area contributed by atoms with Crippen LogP contribution in [0.5, 0.6) is 0 Å². The lowest BCUT2D eigenvalue weighted by Gasteiger charge is -2.07. The zero-order chi connectivity index (χ0) is 10.6. The number of nitrogens with one attached hydrogen (secondary N) is 1. The van der Waals surface area contributed by atoms with E-state index in [2.05, 4.69) is 5.32 Å². The molecule has 0 aliphatic rings. The van der Waals surface area contributed by atoms with Gasteiger partial charge in [-0.15, -0.1) is 0 Å². The molecule has 0 aromatic carbocycles. The van der Waals surface area contributed by atoms with Crippen molar-refractivity contribution in [1.82, 2.24) is 5.32 Å². The first-order chi connectivity index (χ1) is 6.59. The molecule has 14 heavy (non-hydrogen) atoms. The molecule has 1 amide bonds. The van der Waals surface area contributed by atoms with E-state index in [-0.39, 0.29) is 12.3 Å². The van der Waals surface area contributed by atoms with Crippen molar-refractivity contribution >= 4 is 23.2 Å². The Labute approximate surface area is 85.6 Å². The number of amides is 1. The number of carboxylic acids is 1. The van der Waals surface area contributed by atoms with Crippen LogP contribution in [0.4, 0.5) is 0 Å². The Bertz CT molecular complexity index is 321. The summed E-state index contributed by atoms with van der Waals surface area (Å²) in [6, 6.07) is 1.01. The first-order valence-electron chi connectivity index (χ1n) is 4.13. The average Bonchev–Trinajstić information content (AvgIpc) is 2.56. The van der Waals surface area contributed by atoms with Gasteiger partial charge in [-0.3, -0.25) is 9.59 Å². The van der Waals surface area contributed by atoms with Crippen molar-refractivity contribution < 1.29 is 14.7 Å². The lowest BCUT2D eigenvalue weighted by molar-refractivity contribution is -0.141. The quantitative estimate of drug-likeness (QED) is 0.780. The van der Waals surface area contributed by atoms with Gasteiger partial charge in [0.25, 0.3) is 0 Å². The lowest BCUT2D eigenvalue weighted by atomic mass is 10.2. The van der Waals surface area contributed by atoms with E-state index in [9.17, 15) is 9.59 Å². The van der Waals surface area contributed by atoms with E-state index in [0.29, 0.717) is 0 Å². The third-order valence-electron chi connectivity index (χ3n) is 1.69. The highest BCUT2D eigenvalue weighted by Crippen LogP contribution is 2.06. The van der Waals surface area contributed by atoms with Gasteiger partial charge in [0.1, 0.15) is 6.04 Å². The Morgan fingerprint density at radius 3 is 2.86 bits per heavy atom. The maximum Gasteiger partial charge on any atom is 0.325 e. The van der Waals surface area contributed by atoms with Crippen LogP contribution in [-0.4, -0.2) is 23.0 Å². The van der Waals surface area contributed by atoms with Crippen molar-refractivity contribution in [3.05, 3.63) is 22.4 Å². The van der Waals surface area contributed by atoms with E-state index < -0.39 is 12.0 Å². The van der Waals surface area contributed by atoms with Crippen LogP contribution in [0, 0.1) is 0 Å². The van der Waals surface area contributed by atoms with Crippen LogP contribution in [0.15, 0.2) is 16.8 Å². The van der Waals surface area contributed by atoms with Crippen molar-refractivity contribution in [2.75, 3.05) is 0 Å². The Morgan fingerprint density at radius 1 is 1.64 bits per heavy atom. The van der Waals surface area contributed by atoms with Gasteiger partial charge in [0.15, 0.2) is 0 Å². The first kappa shape index (κ1) is 10.7. The van der Waals surface area contributed by atoms with Gasteiger partial charge in [0.05, 0.1) is 6.42 Å². The number of rotatable bonds is 4. The van der Waals surface area contributed by atoms with Gasteiger partial charge in [-0.2, -0.15) is 11.3 Å². The van der Waals surface area contributed by atoms with Crippen molar-refractivity contribution in [1.29, 1.82) is 0 Å². The molecule has 1 heterocycles. The number of carboxylic acid groups (broad SMARTS) is 1. The van der Waals surface area contributed by atoms with Gasteiger partial charge in [0, 0.05) is 0 Å². The predicted molar refractivity (Wildman–Crippen MR) is 53.3 cm³/mol. The highest BCUT2D eigenvalue weighted by atomic mass is 32.1. The van der Waals surface area contributed by atoms with Crippen LogP contribution >= 0.6 is 11.3 Å². The summed E-state index contributed by atoms with van der Waals surface area (Å²) in [7, 11) is 0. The van der Waals surface area contributed by atoms with E-state index in [0.717, 1.165) is 5.56 Å². The lowest BCUT2D eigenvalue weighted by Crippen LogP contribution is -2.39. The largest absolute Gasteiger partial charge is 0.480 e. The normalized spacial score (nSPS) is 12.1. The van der Waals surface area contributed by atoms with Crippen molar-refractivity contribution in [3.63, 3.8) is 0 Å². The molecule has 0 saturated heterocycles. The summed E-state index contributed by atoms with van der Waals surface area (Å²) in [5, 5.41) is 14.7. The number of hydrogen-bond acceptors (Lipinski definition) is 3. The molecule has 5 heteroatoms. The zero-order valence-corrected chi connectivity index (χ0v) is 8.50. The zero-order valence-electron chi connectivity index (χ0n) is 7.69. The third-order valence-corrected chi connectivity index (χ3v) is 2.42. The molecular weight excluding hydrogens is 202 g/mol. The maximum absolute atomic E-state index is 11.3. The highest BCUT2D eigenvalue weighted by molar-refractivity contribution is 7.07. The number of hydrogen-bond donors (Lipinski definition) is 2. The Morgan fingerprint density at radius 2 is 2.36 bits per heavy atom. The van der Waals surface area contributed by atoms with Crippen molar-refractivity contribution in [2.24, 2.45) is 0 Å². The minimum absolute atomic E-state index is 0.237. The highest BCUT2D eigenvalue weighted by Gasteiger charge is 2.13. The van der Waals surface area contributed by atoms with E-state index in [1.165, 1.54) is 18.3 Å². The second-order valence-corrected chi connectivity index (χ2v) is 3.72. The first-order valence-corrected chi connectivity index (χ1v) is 5.07. The molecule has 0 aliphatic heterocycles. The molecule has 1 atom stereocenters. The Hall–Kier alpha value is -1.36. The average molecular weight is 213 g/mol. The summed E-state index contributed by atoms with van der Waals surface area (Å²) in [5.41, 5.74) is 0.907. The molecule has 0 radical (unpaired) electrons. The molecule has 0 spiro atoms. The molecule has 1 aromatic heterocycles. The van der Waals surface area contributed by atoms with Crippen LogP contribution in [0.25, 0.3) is 0 Å². The molecule has 76 valence electrons. The minimum atomic E-state index is -1.02. The van der Waals surface area contributed by atoms with Crippen LogP contribution in [0.2, 0.25) is 0 Å². The standard InChI is InChI=1S/C9H11NO3S/c1-6(9(12)13)10-8(11)4-7-2-3-14-5-7/h2-3,5-6H,4H2,1H3,(H,10,11)(H,12,13)/t6-/m0/s1. The fourth-order valence-electron chi connectivity index (χ4n) is 0.933. The van der Waals surface area contributed by atoms with Crippen molar-refractivity contribution in [3.8, 4) is 0 Å². The fraction of sp³-hybridized carbons (Fsp3) is 0.333. The summed E-state index contributed by atoms with van der Waals surface area (Å²) >= 11 is 1.51. The number of carbonyl (C=O) groups excluding carboxylic acids is 1. The molecular formula is C9H11NO3S. The summed E-state index contributed by atoms with van der Waals surface area (Å²) in [6.07, 6.45) is 0.237. The molecule has 4 nitrogen and oxygen atoms in total. The number of thiophene rings is 1. The summed E-state index contributed by atoms with van der Waals surface area (Å²) < 4.78 is 0. The second kappa shape index (κ2) is 4.76. The Balaban J connectivity index is 2.40. The van der Waals surface area contributed by atoms with Crippen LogP contribution in [0.3, 0.4) is 0 Å². The van der Waals surface area contributed by atoms with E-state index in [4.69, 9.17) is 5.11 Å². The van der Waals surface area contributed by atoms with Crippen LogP contribution < -0.4 is 5.32 Å². The molecule has 0 fully saturated rings. The number of aliphatic carboxylic acids is 1. The van der Waals surface area contributed by atoms with Gasteiger partial charge >= 0.3 is 5.97 Å². The van der Waals surface area contributed by atoms with E-state index in [1.54, 1.807) is 0 Å². The molecule has 0 aliphatic carbocycles. The summed E-state index contributed by atoms with van der Waals surface area (Å²) in [6.45, 7) is 1.44. The van der Waals surface area contributed by atoms with E-state index >= 15 is 0 Å². The Kier molecular flexibility index (Phi) is 3.64. The monoisotopic (exact) mass is 213 g/mol. The van der Waals surface area contributed by atoms with Crippen molar-refractivity contribution in [2.45, 2.75) is 19.4 Å². The van der Waals surface area contributed by atoms with Crippen LogP contribution in [-0.2, 0) is 16.0 Å². The topological polar surface area (TPSA) is 66.4 Å². The molecule has 0 saturated carbocycles. The fourth-order valence-corrected chi connectivity index (χ4v) is 1.60. The molecule has 1 aromatic rings. The van der Waals surface area contributed by atoms with Gasteiger partial charge in [-0.05, 0) is 29.3 Å². The van der Waals surface area contributed by atoms with Gasteiger partial charge in [-0.25, -0.2) is 0 Å². The van der Waals surface area contributed by atoms with E-state index in [1.807, 2.05) is 16.8 Å². The molecule has 2 N–H and O–H groups in total. The molecule has 0 bridgehead atoms. The SMILES string of the molecule is C[C@H](NC(=O)Cc1ccsc1)C(=O)O. The smallest absolute Gasteiger partial charge is 0.325 e.